The normalized spacial score (nSPS) is 10.8. The summed E-state index contributed by atoms with van der Waals surface area (Å²) in [7, 11) is 0. The minimum Gasteiger partial charge on any atom is -0.383 e. The first-order valence-corrected chi connectivity index (χ1v) is 9.44. The fraction of sp³-hybridized carbons (Fsp3) is 0.0455. The molecular formula is C22H17ClFN5O. The predicted octanol–water partition coefficient (Wildman–Crippen LogP) is 5.07. The molecule has 0 atom stereocenters. The first kappa shape index (κ1) is 19.6. The van der Waals surface area contributed by atoms with E-state index in [1.165, 1.54) is 18.3 Å². The van der Waals surface area contributed by atoms with E-state index < -0.39 is 5.82 Å². The largest absolute Gasteiger partial charge is 0.383 e. The second-order valence-corrected chi connectivity index (χ2v) is 7.10. The molecule has 6 nitrogen and oxygen atoms in total. The van der Waals surface area contributed by atoms with Gasteiger partial charge in [0.2, 0.25) is 0 Å². The smallest absolute Gasteiger partial charge is 0.256 e. The zero-order valence-electron chi connectivity index (χ0n) is 15.9. The van der Waals surface area contributed by atoms with E-state index >= 15 is 0 Å². The van der Waals surface area contributed by atoms with E-state index in [-0.39, 0.29) is 28.1 Å². The molecule has 30 heavy (non-hydrogen) atoms. The van der Waals surface area contributed by atoms with Crippen LogP contribution in [0.15, 0.2) is 60.8 Å². The molecule has 0 aliphatic heterocycles. The maximum absolute atomic E-state index is 14.2. The van der Waals surface area contributed by atoms with Crippen molar-refractivity contribution in [3.63, 3.8) is 0 Å². The third-order valence-corrected chi connectivity index (χ3v) is 4.84. The van der Waals surface area contributed by atoms with Gasteiger partial charge in [-0.3, -0.25) is 4.79 Å². The quantitative estimate of drug-likeness (QED) is 0.428. The average Bonchev–Trinajstić information content (AvgIpc) is 3.10. The number of hydrogen-bond acceptors (Lipinski definition) is 4. The Hall–Kier alpha value is -3.71. The van der Waals surface area contributed by atoms with Crippen LogP contribution in [0.5, 0.6) is 0 Å². The number of nitrogens with zero attached hydrogens (tertiary/aromatic N) is 2. The number of carbonyl (C=O) groups is 1. The van der Waals surface area contributed by atoms with Crippen LogP contribution in [0.25, 0.3) is 22.6 Å². The molecule has 4 aromatic rings. The molecule has 0 unspecified atom stereocenters. The van der Waals surface area contributed by atoms with Gasteiger partial charge in [0.25, 0.3) is 5.91 Å². The highest BCUT2D eigenvalue weighted by molar-refractivity contribution is 6.33. The fourth-order valence-electron chi connectivity index (χ4n) is 2.95. The van der Waals surface area contributed by atoms with Crippen LogP contribution < -0.4 is 11.1 Å². The molecular weight excluding hydrogens is 405 g/mol. The number of H-pyrrole nitrogens is 1. The summed E-state index contributed by atoms with van der Waals surface area (Å²) >= 11 is 6.11. The summed E-state index contributed by atoms with van der Waals surface area (Å²) in [6.07, 6.45) is 1.53. The van der Waals surface area contributed by atoms with Gasteiger partial charge in [0, 0.05) is 17.3 Å². The maximum Gasteiger partial charge on any atom is 0.256 e. The third-order valence-electron chi connectivity index (χ3n) is 4.52. The van der Waals surface area contributed by atoms with Gasteiger partial charge in [0.1, 0.15) is 29.0 Å². The van der Waals surface area contributed by atoms with Gasteiger partial charge in [-0.25, -0.2) is 14.4 Å². The zero-order chi connectivity index (χ0) is 21.3. The molecule has 0 aliphatic rings. The number of aromatic nitrogens is 3. The Kier molecular flexibility index (Phi) is 5.20. The lowest BCUT2D eigenvalue weighted by atomic mass is 10.1. The highest BCUT2D eigenvalue weighted by atomic mass is 35.5. The average molecular weight is 422 g/mol. The van der Waals surface area contributed by atoms with Gasteiger partial charge in [0.15, 0.2) is 0 Å². The lowest BCUT2D eigenvalue weighted by Crippen LogP contribution is -2.12. The number of aryl methyl sites for hydroxylation is 1. The van der Waals surface area contributed by atoms with Crippen molar-refractivity contribution >= 4 is 29.1 Å². The summed E-state index contributed by atoms with van der Waals surface area (Å²) < 4.78 is 14.2. The van der Waals surface area contributed by atoms with Gasteiger partial charge in [0.05, 0.1) is 10.6 Å². The molecule has 0 fully saturated rings. The van der Waals surface area contributed by atoms with Gasteiger partial charge in [-0.2, -0.15) is 0 Å². The van der Waals surface area contributed by atoms with Crippen molar-refractivity contribution in [3.05, 3.63) is 82.8 Å². The van der Waals surface area contributed by atoms with Crippen molar-refractivity contribution < 1.29 is 9.18 Å². The number of nitrogens with one attached hydrogen (secondary N) is 2. The lowest BCUT2D eigenvalue weighted by molar-refractivity contribution is 0.102. The summed E-state index contributed by atoms with van der Waals surface area (Å²) in [6.45, 7) is 1.95. The van der Waals surface area contributed by atoms with Crippen LogP contribution in [0, 0.1) is 12.7 Å². The van der Waals surface area contributed by atoms with Crippen molar-refractivity contribution in [2.24, 2.45) is 0 Å². The van der Waals surface area contributed by atoms with Crippen molar-refractivity contribution in [1.29, 1.82) is 0 Å². The number of hydrogen-bond donors (Lipinski definition) is 3. The maximum atomic E-state index is 14.2. The van der Waals surface area contributed by atoms with Crippen molar-refractivity contribution in [2.75, 3.05) is 11.1 Å². The summed E-state index contributed by atoms with van der Waals surface area (Å²) in [4.78, 5) is 23.8. The molecule has 0 saturated heterocycles. The van der Waals surface area contributed by atoms with Gasteiger partial charge in [-0.05, 0) is 43.3 Å². The number of nitrogens with two attached hydrogens (primary N) is 1. The SMILES string of the molecule is Cc1ccc(C(=O)Nc2ccc(-c3nc(-c4c(F)cccc4Cl)[nH]c3N)cn2)cc1. The lowest BCUT2D eigenvalue weighted by Gasteiger charge is -2.06. The van der Waals surface area contributed by atoms with Crippen LogP contribution in [0.3, 0.4) is 0 Å². The zero-order valence-corrected chi connectivity index (χ0v) is 16.7. The Morgan fingerprint density at radius 2 is 1.90 bits per heavy atom. The number of benzene rings is 2. The third kappa shape index (κ3) is 3.88. The Balaban J connectivity index is 1.57. The number of nitrogen functional groups attached to an aromatic ring is 1. The molecule has 0 radical (unpaired) electrons. The van der Waals surface area contributed by atoms with Gasteiger partial charge < -0.3 is 16.0 Å². The molecule has 0 aliphatic carbocycles. The highest BCUT2D eigenvalue weighted by Crippen LogP contribution is 2.33. The van der Waals surface area contributed by atoms with E-state index in [2.05, 4.69) is 20.3 Å². The number of rotatable bonds is 4. The topological polar surface area (TPSA) is 96.7 Å². The number of aromatic amines is 1. The molecule has 4 rings (SSSR count). The van der Waals surface area contributed by atoms with Crippen LogP contribution in [0.2, 0.25) is 5.02 Å². The highest BCUT2D eigenvalue weighted by Gasteiger charge is 2.17. The second-order valence-electron chi connectivity index (χ2n) is 6.70. The van der Waals surface area contributed by atoms with Crippen molar-refractivity contribution in [2.45, 2.75) is 6.92 Å². The van der Waals surface area contributed by atoms with Crippen LogP contribution >= 0.6 is 11.6 Å². The molecule has 0 bridgehead atoms. The molecule has 1 amide bonds. The first-order valence-electron chi connectivity index (χ1n) is 9.06. The molecule has 8 heteroatoms. The molecule has 2 heterocycles. The Morgan fingerprint density at radius 1 is 1.13 bits per heavy atom. The van der Waals surface area contributed by atoms with E-state index in [1.807, 2.05) is 19.1 Å². The van der Waals surface area contributed by atoms with Crippen LogP contribution in [0.1, 0.15) is 15.9 Å². The minimum atomic E-state index is -0.505. The number of imidazole rings is 1. The van der Waals surface area contributed by atoms with E-state index in [4.69, 9.17) is 17.3 Å². The van der Waals surface area contributed by atoms with Crippen LogP contribution in [0.4, 0.5) is 16.0 Å². The number of pyridine rings is 1. The fourth-order valence-corrected chi connectivity index (χ4v) is 3.20. The number of carbonyl (C=O) groups excluding carboxylic acids is 1. The second kappa shape index (κ2) is 7.96. The molecule has 4 N–H and O–H groups in total. The predicted molar refractivity (Wildman–Crippen MR) is 116 cm³/mol. The Bertz CT molecular complexity index is 1200. The van der Waals surface area contributed by atoms with E-state index in [1.54, 1.807) is 30.3 Å². The summed E-state index contributed by atoms with van der Waals surface area (Å²) in [5, 5.41) is 2.97. The number of amides is 1. The monoisotopic (exact) mass is 421 g/mol. The molecule has 2 aromatic heterocycles. The van der Waals surface area contributed by atoms with Crippen molar-refractivity contribution in [3.8, 4) is 22.6 Å². The molecule has 2 aromatic carbocycles. The van der Waals surface area contributed by atoms with E-state index in [0.29, 0.717) is 22.6 Å². The Morgan fingerprint density at radius 3 is 2.57 bits per heavy atom. The van der Waals surface area contributed by atoms with Gasteiger partial charge in [-0.15, -0.1) is 0 Å². The first-order chi connectivity index (χ1) is 14.4. The minimum absolute atomic E-state index is 0.145. The standard InChI is InChI=1S/C22H17ClFN5O/c1-12-5-7-13(8-6-12)22(30)27-17-10-9-14(11-26-17)19-20(25)29-21(28-19)18-15(23)3-2-4-16(18)24/h2-11H,25H2,1H3,(H,28,29)(H,26,27,30). The van der Waals surface area contributed by atoms with Gasteiger partial charge in [-0.1, -0.05) is 35.4 Å². The Labute approximate surface area is 177 Å². The molecule has 150 valence electrons. The molecule has 0 saturated carbocycles. The number of anilines is 2. The van der Waals surface area contributed by atoms with Crippen LogP contribution in [-0.2, 0) is 0 Å². The summed E-state index contributed by atoms with van der Waals surface area (Å²) in [5.41, 5.74) is 8.81. The number of halogens is 2. The summed E-state index contributed by atoms with van der Waals surface area (Å²) in [6, 6.07) is 15.0. The van der Waals surface area contributed by atoms with Gasteiger partial charge >= 0.3 is 0 Å². The van der Waals surface area contributed by atoms with Crippen LogP contribution in [-0.4, -0.2) is 20.9 Å². The van der Waals surface area contributed by atoms with E-state index in [0.717, 1.165) is 5.56 Å². The van der Waals surface area contributed by atoms with E-state index in [9.17, 15) is 9.18 Å². The summed E-state index contributed by atoms with van der Waals surface area (Å²) in [5.74, 6) is 0.0989. The molecule has 0 spiro atoms. The van der Waals surface area contributed by atoms with Crippen molar-refractivity contribution in [1.82, 2.24) is 15.0 Å².